The van der Waals surface area contributed by atoms with Crippen LogP contribution in [0.3, 0.4) is 0 Å². The number of rotatable bonds is 6. The zero-order valence-corrected chi connectivity index (χ0v) is 12.1. The second-order valence-electron chi connectivity index (χ2n) is 4.71. The summed E-state index contributed by atoms with van der Waals surface area (Å²) in [6, 6.07) is 6.73. The van der Waals surface area contributed by atoms with Gasteiger partial charge in [-0.3, -0.25) is 4.21 Å². The second kappa shape index (κ2) is 6.92. The van der Waals surface area contributed by atoms with E-state index in [9.17, 15) is 4.21 Å². The Morgan fingerprint density at radius 3 is 2.35 bits per heavy atom. The summed E-state index contributed by atoms with van der Waals surface area (Å²) in [5.74, 6) is 1.39. The highest BCUT2D eigenvalue weighted by atomic mass is 32.2. The van der Waals surface area contributed by atoms with Crippen molar-refractivity contribution in [3.05, 3.63) is 34.9 Å². The number of hydrogen-bond acceptors (Lipinski definition) is 2. The summed E-state index contributed by atoms with van der Waals surface area (Å²) in [6.07, 6.45) is 0. The quantitative estimate of drug-likeness (QED) is 0.844. The van der Waals surface area contributed by atoms with E-state index in [1.165, 1.54) is 16.7 Å². The van der Waals surface area contributed by atoms with E-state index in [0.29, 0.717) is 11.8 Å². The fraction of sp³-hybridized carbons (Fsp3) is 0.571. The minimum absolute atomic E-state index is 0.326. The van der Waals surface area contributed by atoms with Gasteiger partial charge < -0.3 is 5.32 Å². The standard InChI is InChI=1S/C14H23NOS/c1-5-15-13(4)9-17(16)10-14-7-11(2)6-12(3)8-14/h6-8,13,15H,5,9-10H2,1-4H3. The minimum Gasteiger partial charge on any atom is -0.314 e. The molecule has 0 spiro atoms. The van der Waals surface area contributed by atoms with Crippen LogP contribution in [0.4, 0.5) is 0 Å². The molecule has 0 aliphatic rings. The van der Waals surface area contributed by atoms with E-state index in [-0.39, 0.29) is 0 Å². The van der Waals surface area contributed by atoms with Crippen molar-refractivity contribution >= 4 is 10.8 Å². The zero-order valence-electron chi connectivity index (χ0n) is 11.2. The van der Waals surface area contributed by atoms with Gasteiger partial charge in [-0.15, -0.1) is 0 Å². The predicted octanol–water partition coefficient (Wildman–Crippen LogP) is 2.55. The highest BCUT2D eigenvalue weighted by molar-refractivity contribution is 7.84. The van der Waals surface area contributed by atoms with Crippen molar-refractivity contribution < 1.29 is 4.21 Å². The number of nitrogens with one attached hydrogen (secondary N) is 1. The first kappa shape index (κ1) is 14.4. The fourth-order valence-electron chi connectivity index (χ4n) is 2.08. The Balaban J connectivity index is 2.56. The van der Waals surface area contributed by atoms with Crippen molar-refractivity contribution in [2.45, 2.75) is 39.5 Å². The van der Waals surface area contributed by atoms with Gasteiger partial charge in [0.05, 0.1) is 0 Å². The molecule has 0 saturated heterocycles. The molecule has 0 bridgehead atoms. The monoisotopic (exact) mass is 253 g/mol. The zero-order chi connectivity index (χ0) is 12.8. The SMILES string of the molecule is CCNC(C)CS(=O)Cc1cc(C)cc(C)c1. The molecular formula is C14H23NOS. The Labute approximate surface area is 107 Å². The van der Waals surface area contributed by atoms with E-state index in [2.05, 4.69) is 51.2 Å². The molecule has 2 atom stereocenters. The second-order valence-corrected chi connectivity index (χ2v) is 6.21. The summed E-state index contributed by atoms with van der Waals surface area (Å²) in [7, 11) is -0.782. The first-order valence-corrected chi connectivity index (χ1v) is 7.65. The molecule has 17 heavy (non-hydrogen) atoms. The largest absolute Gasteiger partial charge is 0.314 e. The van der Waals surface area contributed by atoms with Gasteiger partial charge in [0.2, 0.25) is 0 Å². The third-order valence-electron chi connectivity index (χ3n) is 2.60. The van der Waals surface area contributed by atoms with E-state index in [1.54, 1.807) is 0 Å². The van der Waals surface area contributed by atoms with Crippen LogP contribution in [0, 0.1) is 13.8 Å². The third kappa shape index (κ3) is 5.46. The highest BCUT2D eigenvalue weighted by Crippen LogP contribution is 2.11. The molecule has 0 fully saturated rings. The summed E-state index contributed by atoms with van der Waals surface area (Å²) in [5, 5.41) is 3.29. The molecule has 0 aliphatic heterocycles. The van der Waals surface area contributed by atoms with Gasteiger partial charge in [-0.25, -0.2) is 0 Å². The van der Waals surface area contributed by atoms with Gasteiger partial charge in [0.1, 0.15) is 0 Å². The third-order valence-corrected chi connectivity index (χ3v) is 4.12. The molecule has 0 aromatic heterocycles. The lowest BCUT2D eigenvalue weighted by atomic mass is 10.1. The lowest BCUT2D eigenvalue weighted by Gasteiger charge is -2.12. The van der Waals surface area contributed by atoms with Crippen LogP contribution in [-0.4, -0.2) is 22.5 Å². The smallest absolute Gasteiger partial charge is 0.0486 e. The molecule has 2 unspecified atom stereocenters. The highest BCUT2D eigenvalue weighted by Gasteiger charge is 2.07. The Bertz CT molecular complexity index is 370. The minimum atomic E-state index is -0.782. The predicted molar refractivity (Wildman–Crippen MR) is 75.8 cm³/mol. The van der Waals surface area contributed by atoms with Gasteiger partial charge in [-0.2, -0.15) is 0 Å². The molecule has 0 amide bonds. The van der Waals surface area contributed by atoms with Gasteiger partial charge >= 0.3 is 0 Å². The average Bonchev–Trinajstić information content (AvgIpc) is 2.14. The van der Waals surface area contributed by atoms with E-state index in [0.717, 1.165) is 12.3 Å². The lowest BCUT2D eigenvalue weighted by Crippen LogP contribution is -2.31. The Kier molecular flexibility index (Phi) is 5.86. The molecule has 1 rings (SSSR count). The van der Waals surface area contributed by atoms with Gasteiger partial charge in [0.15, 0.2) is 0 Å². The summed E-state index contributed by atoms with van der Waals surface area (Å²) < 4.78 is 12.0. The van der Waals surface area contributed by atoms with Crippen LogP contribution in [-0.2, 0) is 16.6 Å². The van der Waals surface area contributed by atoms with Crippen molar-refractivity contribution in [2.24, 2.45) is 0 Å². The first-order valence-electron chi connectivity index (χ1n) is 6.16. The number of aryl methyl sites for hydroxylation is 2. The molecule has 96 valence electrons. The number of hydrogen-bond donors (Lipinski definition) is 1. The molecule has 1 aromatic rings. The van der Waals surface area contributed by atoms with Crippen LogP contribution in [0.5, 0.6) is 0 Å². The van der Waals surface area contributed by atoms with Crippen molar-refractivity contribution in [3.8, 4) is 0 Å². The maximum absolute atomic E-state index is 12.0. The maximum atomic E-state index is 12.0. The normalized spacial score (nSPS) is 14.6. The molecule has 0 radical (unpaired) electrons. The van der Waals surface area contributed by atoms with Gasteiger partial charge in [-0.1, -0.05) is 36.2 Å². The van der Waals surface area contributed by atoms with Crippen molar-refractivity contribution in [2.75, 3.05) is 12.3 Å². The molecule has 0 aliphatic carbocycles. The summed E-state index contributed by atoms with van der Waals surface area (Å²) in [4.78, 5) is 0. The average molecular weight is 253 g/mol. The maximum Gasteiger partial charge on any atom is 0.0486 e. The Morgan fingerprint density at radius 1 is 1.24 bits per heavy atom. The van der Waals surface area contributed by atoms with Gasteiger partial charge in [0.25, 0.3) is 0 Å². The van der Waals surface area contributed by atoms with Crippen LogP contribution in [0.15, 0.2) is 18.2 Å². The van der Waals surface area contributed by atoms with E-state index < -0.39 is 10.8 Å². The van der Waals surface area contributed by atoms with Crippen LogP contribution in [0.25, 0.3) is 0 Å². The van der Waals surface area contributed by atoms with Crippen LogP contribution in [0.2, 0.25) is 0 Å². The van der Waals surface area contributed by atoms with Crippen LogP contribution < -0.4 is 5.32 Å². The van der Waals surface area contributed by atoms with Gasteiger partial charge in [0, 0.05) is 28.3 Å². The molecule has 0 heterocycles. The number of benzene rings is 1. The topological polar surface area (TPSA) is 29.1 Å². The van der Waals surface area contributed by atoms with Gasteiger partial charge in [-0.05, 0) is 32.9 Å². The van der Waals surface area contributed by atoms with Crippen molar-refractivity contribution in [3.63, 3.8) is 0 Å². The summed E-state index contributed by atoms with van der Waals surface area (Å²) >= 11 is 0. The van der Waals surface area contributed by atoms with E-state index >= 15 is 0 Å². The van der Waals surface area contributed by atoms with E-state index in [1.807, 2.05) is 0 Å². The molecule has 2 nitrogen and oxygen atoms in total. The molecule has 1 N–H and O–H groups in total. The van der Waals surface area contributed by atoms with Crippen LogP contribution >= 0.6 is 0 Å². The fourth-order valence-corrected chi connectivity index (χ4v) is 3.42. The van der Waals surface area contributed by atoms with Crippen LogP contribution in [0.1, 0.15) is 30.5 Å². The van der Waals surface area contributed by atoms with Crippen molar-refractivity contribution in [1.29, 1.82) is 0 Å². The Morgan fingerprint density at radius 2 is 1.82 bits per heavy atom. The molecule has 1 aromatic carbocycles. The van der Waals surface area contributed by atoms with E-state index in [4.69, 9.17) is 0 Å². The molecule has 3 heteroatoms. The summed E-state index contributed by atoms with van der Waals surface area (Å²) in [5.41, 5.74) is 3.68. The Hall–Kier alpha value is -0.670. The summed E-state index contributed by atoms with van der Waals surface area (Å²) in [6.45, 7) is 9.26. The van der Waals surface area contributed by atoms with Crippen molar-refractivity contribution in [1.82, 2.24) is 5.32 Å². The lowest BCUT2D eigenvalue weighted by molar-refractivity contribution is 0.607. The molecule has 0 saturated carbocycles. The molecular weight excluding hydrogens is 230 g/mol. The first-order chi connectivity index (χ1) is 8.01.